The molecule has 2 N–H and O–H groups in total. The summed E-state index contributed by atoms with van der Waals surface area (Å²) in [5, 5.41) is 14.4. The largest absolute Gasteiger partial charge is 0.379 e. The van der Waals surface area contributed by atoms with E-state index < -0.39 is 4.92 Å². The van der Waals surface area contributed by atoms with Gasteiger partial charge in [0.1, 0.15) is 5.69 Å². The lowest BCUT2D eigenvalue weighted by Crippen LogP contribution is -2.09. The van der Waals surface area contributed by atoms with Gasteiger partial charge in [-0.2, -0.15) is 0 Å². The number of nitro groups is 1. The number of rotatable bonds is 6. The van der Waals surface area contributed by atoms with Crippen molar-refractivity contribution in [1.29, 1.82) is 0 Å². The normalized spacial score (nSPS) is 11.0. The molecule has 7 nitrogen and oxygen atoms in total. The van der Waals surface area contributed by atoms with E-state index >= 15 is 0 Å². The third kappa shape index (κ3) is 3.56. The number of aromatic amines is 1. The van der Waals surface area contributed by atoms with Gasteiger partial charge in [0.25, 0.3) is 11.2 Å². The second-order valence-corrected chi connectivity index (χ2v) is 5.34. The van der Waals surface area contributed by atoms with Crippen LogP contribution < -0.4 is 10.9 Å². The Bertz CT molecular complexity index is 709. The predicted octanol–water partition coefficient (Wildman–Crippen LogP) is 2.68. The van der Waals surface area contributed by atoms with Crippen LogP contribution in [0.15, 0.2) is 23.3 Å². The Hall–Kier alpha value is -2.44. The maximum atomic E-state index is 11.7. The molecule has 0 radical (unpaired) electrons. The Morgan fingerprint density at radius 1 is 1.43 bits per heavy atom. The molecule has 1 aromatic heterocycles. The standard InChI is InChI=1S/C14H18N4O3/c1-9(2)4-3-5-15-12-7-11-10(6-13(12)18(20)21)14(19)17-8-16-11/h6-9,15H,3-5H2,1-2H3,(H,16,17,19). The molecule has 2 aromatic rings. The number of hydrogen-bond acceptors (Lipinski definition) is 5. The molecule has 112 valence electrons. The van der Waals surface area contributed by atoms with Crippen LogP contribution in [0.2, 0.25) is 0 Å². The van der Waals surface area contributed by atoms with Crippen molar-refractivity contribution in [3.05, 3.63) is 38.9 Å². The first-order valence-electron chi connectivity index (χ1n) is 6.88. The first-order valence-corrected chi connectivity index (χ1v) is 6.88. The maximum absolute atomic E-state index is 11.7. The smallest absolute Gasteiger partial charge is 0.293 e. The van der Waals surface area contributed by atoms with E-state index in [4.69, 9.17) is 0 Å². The van der Waals surface area contributed by atoms with Crippen LogP contribution in [0, 0.1) is 16.0 Å². The zero-order valence-electron chi connectivity index (χ0n) is 12.0. The first kappa shape index (κ1) is 15.0. The van der Waals surface area contributed by atoms with Crippen molar-refractivity contribution in [3.8, 4) is 0 Å². The summed E-state index contributed by atoms with van der Waals surface area (Å²) in [7, 11) is 0. The lowest BCUT2D eigenvalue weighted by atomic mass is 10.1. The minimum absolute atomic E-state index is 0.106. The number of fused-ring (bicyclic) bond motifs is 1. The highest BCUT2D eigenvalue weighted by molar-refractivity contribution is 5.86. The average Bonchev–Trinajstić information content (AvgIpc) is 2.43. The molecule has 0 atom stereocenters. The number of nitrogens with zero attached hydrogens (tertiary/aromatic N) is 2. The predicted molar refractivity (Wildman–Crippen MR) is 81.6 cm³/mol. The highest BCUT2D eigenvalue weighted by atomic mass is 16.6. The molecule has 0 bridgehead atoms. The van der Waals surface area contributed by atoms with Crippen LogP contribution in [-0.2, 0) is 0 Å². The quantitative estimate of drug-likeness (QED) is 0.484. The van der Waals surface area contributed by atoms with Gasteiger partial charge < -0.3 is 10.3 Å². The zero-order valence-corrected chi connectivity index (χ0v) is 12.0. The number of aromatic nitrogens is 2. The van der Waals surface area contributed by atoms with Crippen LogP contribution in [0.3, 0.4) is 0 Å². The summed E-state index contributed by atoms with van der Waals surface area (Å²) in [5.74, 6) is 0.596. The van der Waals surface area contributed by atoms with E-state index in [0.717, 1.165) is 12.8 Å². The number of anilines is 1. The van der Waals surface area contributed by atoms with Crippen LogP contribution in [0.4, 0.5) is 11.4 Å². The fourth-order valence-corrected chi connectivity index (χ4v) is 2.13. The van der Waals surface area contributed by atoms with E-state index in [9.17, 15) is 14.9 Å². The molecule has 0 spiro atoms. The summed E-state index contributed by atoms with van der Waals surface area (Å²) in [4.78, 5) is 28.8. The van der Waals surface area contributed by atoms with E-state index in [0.29, 0.717) is 23.7 Å². The van der Waals surface area contributed by atoms with Gasteiger partial charge in [-0.15, -0.1) is 0 Å². The molecule has 21 heavy (non-hydrogen) atoms. The van der Waals surface area contributed by atoms with Crippen LogP contribution in [0.1, 0.15) is 26.7 Å². The van der Waals surface area contributed by atoms with Crippen molar-refractivity contribution in [1.82, 2.24) is 9.97 Å². The minimum atomic E-state index is -0.489. The Morgan fingerprint density at radius 3 is 2.86 bits per heavy atom. The average molecular weight is 290 g/mol. The molecule has 0 amide bonds. The van der Waals surface area contributed by atoms with E-state index in [1.165, 1.54) is 12.4 Å². The molecular weight excluding hydrogens is 272 g/mol. The van der Waals surface area contributed by atoms with Gasteiger partial charge in [0.2, 0.25) is 0 Å². The van der Waals surface area contributed by atoms with Gasteiger partial charge in [-0.25, -0.2) is 4.98 Å². The molecular formula is C14H18N4O3. The monoisotopic (exact) mass is 290 g/mol. The lowest BCUT2D eigenvalue weighted by molar-refractivity contribution is -0.383. The highest BCUT2D eigenvalue weighted by Crippen LogP contribution is 2.27. The number of nitro benzene ring substituents is 1. The van der Waals surface area contributed by atoms with Crippen molar-refractivity contribution in [2.75, 3.05) is 11.9 Å². The number of H-pyrrole nitrogens is 1. The second kappa shape index (κ2) is 6.34. The Kier molecular flexibility index (Phi) is 4.52. The fraction of sp³-hybridized carbons (Fsp3) is 0.429. The van der Waals surface area contributed by atoms with Crippen molar-refractivity contribution >= 4 is 22.3 Å². The van der Waals surface area contributed by atoms with Crippen LogP contribution >= 0.6 is 0 Å². The second-order valence-electron chi connectivity index (χ2n) is 5.34. The summed E-state index contributed by atoms with van der Waals surface area (Å²) in [5.41, 5.74) is 0.352. The van der Waals surface area contributed by atoms with Gasteiger partial charge in [0.15, 0.2) is 0 Å². The van der Waals surface area contributed by atoms with Gasteiger partial charge in [0, 0.05) is 12.6 Å². The third-order valence-electron chi connectivity index (χ3n) is 3.23. The van der Waals surface area contributed by atoms with Crippen molar-refractivity contribution in [3.63, 3.8) is 0 Å². The van der Waals surface area contributed by atoms with Crippen LogP contribution in [0.25, 0.3) is 10.9 Å². The molecule has 0 aliphatic carbocycles. The zero-order chi connectivity index (χ0) is 15.4. The number of hydrogen-bond donors (Lipinski definition) is 2. The van der Waals surface area contributed by atoms with E-state index in [-0.39, 0.29) is 16.6 Å². The van der Waals surface area contributed by atoms with Gasteiger partial charge in [-0.1, -0.05) is 13.8 Å². The van der Waals surface area contributed by atoms with Gasteiger partial charge in [-0.3, -0.25) is 14.9 Å². The minimum Gasteiger partial charge on any atom is -0.379 e. The lowest BCUT2D eigenvalue weighted by Gasteiger charge is -2.09. The molecule has 1 aromatic carbocycles. The summed E-state index contributed by atoms with van der Waals surface area (Å²) in [6.07, 6.45) is 3.26. The molecule has 0 saturated carbocycles. The summed E-state index contributed by atoms with van der Waals surface area (Å²) in [6.45, 7) is 4.91. The van der Waals surface area contributed by atoms with Crippen LogP contribution in [0.5, 0.6) is 0 Å². The molecule has 0 aliphatic heterocycles. The van der Waals surface area contributed by atoms with Gasteiger partial charge in [-0.05, 0) is 24.8 Å². The maximum Gasteiger partial charge on any atom is 0.293 e. The molecule has 0 fully saturated rings. The molecule has 7 heteroatoms. The fourth-order valence-electron chi connectivity index (χ4n) is 2.13. The number of nitrogens with one attached hydrogen (secondary N) is 2. The molecule has 0 unspecified atom stereocenters. The topological polar surface area (TPSA) is 101 Å². The molecule has 1 heterocycles. The van der Waals surface area contributed by atoms with Crippen molar-refractivity contribution in [2.24, 2.45) is 5.92 Å². The highest BCUT2D eigenvalue weighted by Gasteiger charge is 2.16. The molecule has 0 saturated heterocycles. The molecule has 0 aliphatic rings. The third-order valence-corrected chi connectivity index (χ3v) is 3.23. The van der Waals surface area contributed by atoms with Crippen molar-refractivity contribution in [2.45, 2.75) is 26.7 Å². The summed E-state index contributed by atoms with van der Waals surface area (Å²) >= 11 is 0. The van der Waals surface area contributed by atoms with Gasteiger partial charge in [0.05, 0.1) is 22.2 Å². The van der Waals surface area contributed by atoms with E-state index in [1.807, 2.05) is 0 Å². The SMILES string of the molecule is CC(C)CCCNc1cc2nc[nH]c(=O)c2cc1[N+](=O)[O-]. The Morgan fingerprint density at radius 2 is 2.19 bits per heavy atom. The van der Waals surface area contributed by atoms with E-state index in [1.54, 1.807) is 6.07 Å². The number of benzene rings is 1. The Labute approximate surface area is 121 Å². The van der Waals surface area contributed by atoms with E-state index in [2.05, 4.69) is 29.1 Å². The van der Waals surface area contributed by atoms with Crippen molar-refractivity contribution < 1.29 is 4.92 Å². The Balaban J connectivity index is 2.31. The summed E-state index contributed by atoms with van der Waals surface area (Å²) < 4.78 is 0. The van der Waals surface area contributed by atoms with Gasteiger partial charge >= 0.3 is 0 Å². The first-order chi connectivity index (χ1) is 9.99. The van der Waals surface area contributed by atoms with Crippen LogP contribution in [-0.4, -0.2) is 21.4 Å². The molecule has 2 rings (SSSR count). The summed E-state index contributed by atoms with van der Waals surface area (Å²) in [6, 6.07) is 2.82.